The van der Waals surface area contributed by atoms with E-state index in [1.807, 2.05) is 6.07 Å². The molecule has 0 radical (unpaired) electrons. The number of hydrogen-bond acceptors (Lipinski definition) is 4. The predicted octanol–water partition coefficient (Wildman–Crippen LogP) is 3.28. The van der Waals surface area contributed by atoms with Gasteiger partial charge in [-0.2, -0.15) is 0 Å². The number of hydrogen-bond donors (Lipinski definition) is 1. The number of aliphatic hydroxyl groups excluding tert-OH is 1. The molecule has 1 saturated heterocycles. The standard InChI is InChI=1S/C20H26O4/c1-19(2)6-4-7-20(3)11-9-12-10(5-8-23-12)13-14(11)16(24-18(13)22)15(21)17(19)20/h5,8,11,13-17,21H,4,6-7,9H2,1-3H3/t11-,13+,14+,15-,16+,17?,20+/m0/s1. The maximum absolute atomic E-state index is 12.7. The summed E-state index contributed by atoms with van der Waals surface area (Å²) in [6, 6.07) is 1.92. The van der Waals surface area contributed by atoms with E-state index >= 15 is 0 Å². The van der Waals surface area contributed by atoms with Gasteiger partial charge in [0.2, 0.25) is 0 Å². The highest BCUT2D eigenvalue weighted by molar-refractivity contribution is 5.82. The lowest BCUT2D eigenvalue weighted by atomic mass is 9.42. The molecule has 1 aromatic rings. The normalized spacial score (nSPS) is 48.2. The number of fused-ring (bicyclic) bond motifs is 4. The molecule has 0 spiro atoms. The van der Waals surface area contributed by atoms with Crippen LogP contribution in [0, 0.1) is 28.6 Å². The second-order valence-electron chi connectivity index (χ2n) is 9.38. The van der Waals surface area contributed by atoms with E-state index in [-0.39, 0.29) is 40.7 Å². The number of aliphatic hydroxyl groups is 1. The number of furan rings is 1. The van der Waals surface area contributed by atoms with Crippen LogP contribution in [0.25, 0.3) is 0 Å². The predicted molar refractivity (Wildman–Crippen MR) is 87.2 cm³/mol. The van der Waals surface area contributed by atoms with Gasteiger partial charge in [-0.1, -0.05) is 27.2 Å². The fourth-order valence-electron chi connectivity index (χ4n) is 7.11. The molecule has 4 nitrogen and oxygen atoms in total. The molecule has 1 aromatic heterocycles. The third-order valence-electron chi connectivity index (χ3n) is 7.87. The lowest BCUT2D eigenvalue weighted by Gasteiger charge is -2.62. The third-order valence-corrected chi connectivity index (χ3v) is 7.87. The van der Waals surface area contributed by atoms with Crippen molar-refractivity contribution >= 4 is 5.97 Å². The molecule has 7 atom stereocenters. The van der Waals surface area contributed by atoms with Crippen molar-refractivity contribution in [2.75, 3.05) is 0 Å². The Kier molecular flexibility index (Phi) is 2.79. The zero-order valence-corrected chi connectivity index (χ0v) is 14.6. The molecule has 24 heavy (non-hydrogen) atoms. The van der Waals surface area contributed by atoms with Gasteiger partial charge in [0, 0.05) is 17.9 Å². The molecule has 4 aliphatic rings. The fraction of sp³-hybridized carbons (Fsp3) is 0.750. The van der Waals surface area contributed by atoms with Crippen LogP contribution < -0.4 is 0 Å². The first-order chi connectivity index (χ1) is 11.3. The maximum atomic E-state index is 12.7. The zero-order valence-electron chi connectivity index (χ0n) is 14.6. The van der Waals surface area contributed by atoms with E-state index in [1.165, 1.54) is 6.42 Å². The van der Waals surface area contributed by atoms with E-state index in [0.717, 1.165) is 30.6 Å². The molecule has 1 N–H and O–H groups in total. The van der Waals surface area contributed by atoms with E-state index in [9.17, 15) is 9.90 Å². The van der Waals surface area contributed by atoms with Gasteiger partial charge in [0.25, 0.3) is 0 Å². The Morgan fingerprint density at radius 3 is 2.83 bits per heavy atom. The Bertz CT molecular complexity index is 704. The van der Waals surface area contributed by atoms with Gasteiger partial charge in [0.05, 0.1) is 18.3 Å². The van der Waals surface area contributed by atoms with Gasteiger partial charge in [-0.05, 0) is 41.6 Å². The van der Waals surface area contributed by atoms with Crippen molar-refractivity contribution < 1.29 is 19.1 Å². The molecule has 3 aliphatic carbocycles. The summed E-state index contributed by atoms with van der Waals surface area (Å²) in [7, 11) is 0. The second-order valence-corrected chi connectivity index (χ2v) is 9.38. The van der Waals surface area contributed by atoms with E-state index in [4.69, 9.17) is 9.15 Å². The van der Waals surface area contributed by atoms with Crippen LogP contribution >= 0.6 is 0 Å². The summed E-state index contributed by atoms with van der Waals surface area (Å²) >= 11 is 0. The highest BCUT2D eigenvalue weighted by Crippen LogP contribution is 2.66. The lowest BCUT2D eigenvalue weighted by Crippen LogP contribution is -2.63. The van der Waals surface area contributed by atoms with Crippen molar-refractivity contribution in [3.05, 3.63) is 23.7 Å². The van der Waals surface area contributed by atoms with Crippen LogP contribution in [0.5, 0.6) is 0 Å². The van der Waals surface area contributed by atoms with Crippen LogP contribution in [-0.2, 0) is 16.0 Å². The molecular formula is C20H26O4. The van der Waals surface area contributed by atoms with Gasteiger partial charge in [-0.3, -0.25) is 4.79 Å². The molecule has 0 aromatic carbocycles. The van der Waals surface area contributed by atoms with Crippen molar-refractivity contribution in [3.63, 3.8) is 0 Å². The minimum absolute atomic E-state index is 0.0268. The molecule has 130 valence electrons. The van der Waals surface area contributed by atoms with Crippen molar-refractivity contribution in [1.29, 1.82) is 0 Å². The molecule has 0 bridgehead atoms. The number of carbonyl (C=O) groups is 1. The summed E-state index contributed by atoms with van der Waals surface area (Å²) in [6.45, 7) is 6.89. The Morgan fingerprint density at radius 1 is 1.25 bits per heavy atom. The van der Waals surface area contributed by atoms with Crippen LogP contribution in [0.1, 0.15) is 57.3 Å². The Morgan fingerprint density at radius 2 is 2.04 bits per heavy atom. The molecule has 4 heteroatoms. The lowest BCUT2D eigenvalue weighted by molar-refractivity contribution is -0.203. The zero-order chi connectivity index (χ0) is 16.9. The van der Waals surface area contributed by atoms with E-state index < -0.39 is 6.10 Å². The van der Waals surface area contributed by atoms with Crippen LogP contribution in [0.3, 0.4) is 0 Å². The monoisotopic (exact) mass is 330 g/mol. The Balaban J connectivity index is 1.69. The highest BCUT2D eigenvalue weighted by atomic mass is 16.6. The average Bonchev–Trinajstić information content (AvgIpc) is 3.08. The van der Waals surface area contributed by atoms with Crippen LogP contribution in [0.2, 0.25) is 0 Å². The smallest absolute Gasteiger partial charge is 0.314 e. The number of rotatable bonds is 0. The molecule has 1 unspecified atom stereocenters. The first kappa shape index (κ1) is 15.0. The second kappa shape index (κ2) is 4.46. The van der Waals surface area contributed by atoms with E-state index in [2.05, 4.69) is 20.8 Å². The van der Waals surface area contributed by atoms with E-state index in [0.29, 0.717) is 5.92 Å². The third kappa shape index (κ3) is 1.61. The van der Waals surface area contributed by atoms with Crippen molar-refractivity contribution in [2.24, 2.45) is 28.6 Å². The van der Waals surface area contributed by atoms with Gasteiger partial charge in [-0.25, -0.2) is 0 Å². The molecule has 2 heterocycles. The minimum atomic E-state index is -0.561. The largest absolute Gasteiger partial charge is 0.469 e. The first-order valence-electron chi connectivity index (χ1n) is 9.29. The van der Waals surface area contributed by atoms with Gasteiger partial charge in [-0.15, -0.1) is 0 Å². The summed E-state index contributed by atoms with van der Waals surface area (Å²) in [5, 5.41) is 11.2. The van der Waals surface area contributed by atoms with Gasteiger partial charge >= 0.3 is 5.97 Å². The first-order valence-corrected chi connectivity index (χ1v) is 9.29. The summed E-state index contributed by atoms with van der Waals surface area (Å²) < 4.78 is 11.5. The SMILES string of the molecule is CC1(C)CCC[C@@]2(C)C1[C@@H](O)[C@@H]1OC(=O)[C@@H]3c4ccoc4C[C@H]2[C@@H]13. The quantitative estimate of drug-likeness (QED) is 0.742. The Labute approximate surface area is 142 Å². The fourth-order valence-corrected chi connectivity index (χ4v) is 7.11. The summed E-state index contributed by atoms with van der Waals surface area (Å²) in [5.74, 6) is 1.13. The van der Waals surface area contributed by atoms with Gasteiger partial charge in [0.1, 0.15) is 11.9 Å². The van der Waals surface area contributed by atoms with E-state index in [1.54, 1.807) is 6.26 Å². The van der Waals surface area contributed by atoms with Crippen LogP contribution in [-0.4, -0.2) is 23.3 Å². The molecule has 5 rings (SSSR count). The summed E-state index contributed by atoms with van der Waals surface area (Å²) in [4.78, 5) is 12.7. The topological polar surface area (TPSA) is 59.7 Å². The average molecular weight is 330 g/mol. The van der Waals surface area contributed by atoms with Crippen molar-refractivity contribution in [2.45, 2.75) is 64.6 Å². The van der Waals surface area contributed by atoms with Gasteiger partial charge < -0.3 is 14.3 Å². The van der Waals surface area contributed by atoms with Crippen LogP contribution in [0.4, 0.5) is 0 Å². The Hall–Kier alpha value is -1.29. The van der Waals surface area contributed by atoms with Crippen molar-refractivity contribution in [3.8, 4) is 0 Å². The molecule has 1 aliphatic heterocycles. The summed E-state index contributed by atoms with van der Waals surface area (Å²) in [5.41, 5.74) is 1.08. The number of carbonyl (C=O) groups excluding carboxylic acids is 1. The number of ether oxygens (including phenoxy) is 1. The molecule has 3 fully saturated rings. The maximum Gasteiger partial charge on any atom is 0.314 e. The molecular weight excluding hydrogens is 304 g/mol. The summed E-state index contributed by atoms with van der Waals surface area (Å²) in [6.07, 6.45) is 5.07. The molecule has 0 amide bonds. The number of esters is 1. The van der Waals surface area contributed by atoms with Crippen molar-refractivity contribution in [1.82, 2.24) is 0 Å². The van der Waals surface area contributed by atoms with Gasteiger partial charge in [0.15, 0.2) is 0 Å². The molecule has 2 saturated carbocycles. The highest BCUT2D eigenvalue weighted by Gasteiger charge is 2.68. The van der Waals surface area contributed by atoms with Crippen LogP contribution in [0.15, 0.2) is 16.7 Å². The minimum Gasteiger partial charge on any atom is -0.469 e.